The molecule has 0 atom stereocenters. The molecule has 1 heterocycles. The fourth-order valence-electron chi connectivity index (χ4n) is 1.12. The minimum absolute atomic E-state index is 0.212. The van der Waals surface area contributed by atoms with E-state index in [0.717, 1.165) is 6.54 Å². The molecule has 1 aliphatic heterocycles. The van der Waals surface area contributed by atoms with Crippen molar-refractivity contribution in [2.45, 2.75) is 0 Å². The van der Waals surface area contributed by atoms with E-state index in [1.165, 1.54) is 0 Å². The highest BCUT2D eigenvalue weighted by Crippen LogP contribution is 2.26. The lowest BCUT2D eigenvalue weighted by Gasteiger charge is -1.83. The second-order valence-electron chi connectivity index (χ2n) is 2.34. The molecule has 1 aromatic carbocycles. The van der Waals surface area contributed by atoms with Crippen molar-refractivity contribution < 1.29 is 9.55 Å². The lowest BCUT2D eigenvalue weighted by atomic mass is 10.1. The first-order valence-electron chi connectivity index (χ1n) is 3.23. The zero-order chi connectivity index (χ0) is 7.84. The molecule has 1 aromatic rings. The number of Topliss-reactive ketones (excluding diaryl/α,β-unsaturated/α-hetero) is 1. The summed E-state index contributed by atoms with van der Waals surface area (Å²) in [5, 5.41) is 0. The summed E-state index contributed by atoms with van der Waals surface area (Å²) in [5.41, 5.74) is 0.931. The number of rotatable bonds is 0. The Morgan fingerprint density at radius 3 is 2.64 bits per heavy atom. The SMILES string of the molecule is O=C1[CH][N+](=O)c2ccccc21. The molecule has 0 bridgehead atoms. The molecular formula is C8H5NO2+. The molecule has 3 heteroatoms. The van der Waals surface area contributed by atoms with Crippen molar-refractivity contribution in [2.24, 2.45) is 0 Å². The molecule has 0 N–H and O–H groups in total. The molecular weight excluding hydrogens is 142 g/mol. The normalized spacial score (nSPS) is 15.3. The largest absolute Gasteiger partial charge is 0.342 e. The molecule has 2 rings (SSSR count). The highest BCUT2D eigenvalue weighted by atomic mass is 16.3. The fourth-order valence-corrected chi connectivity index (χ4v) is 1.12. The van der Waals surface area contributed by atoms with Crippen LogP contribution in [0.1, 0.15) is 10.4 Å². The van der Waals surface area contributed by atoms with Gasteiger partial charge in [0.1, 0.15) is 5.56 Å². The van der Waals surface area contributed by atoms with Crippen LogP contribution in [0.4, 0.5) is 5.69 Å². The number of benzene rings is 1. The Bertz CT molecular complexity index is 311. The summed E-state index contributed by atoms with van der Waals surface area (Å²) in [6.07, 6.45) is 0. The van der Waals surface area contributed by atoms with Gasteiger partial charge in [-0.05, 0) is 6.07 Å². The maximum Gasteiger partial charge on any atom is 0.342 e. The quantitative estimate of drug-likeness (QED) is 0.521. The van der Waals surface area contributed by atoms with Gasteiger partial charge in [-0.15, -0.1) is 0 Å². The molecule has 0 unspecified atom stereocenters. The number of hydrogen-bond donors (Lipinski definition) is 0. The third-order valence-electron chi connectivity index (χ3n) is 1.64. The van der Waals surface area contributed by atoms with Gasteiger partial charge in [0.15, 0.2) is 0 Å². The smallest absolute Gasteiger partial charge is 0.286 e. The van der Waals surface area contributed by atoms with Crippen molar-refractivity contribution in [3.8, 4) is 0 Å². The number of nitrogens with zero attached hydrogens (tertiary/aromatic N) is 1. The number of para-hydroxylation sites is 1. The van der Waals surface area contributed by atoms with Crippen molar-refractivity contribution >= 4 is 11.5 Å². The lowest BCUT2D eigenvalue weighted by Crippen LogP contribution is -1.93. The summed E-state index contributed by atoms with van der Waals surface area (Å²) in [7, 11) is 0. The van der Waals surface area contributed by atoms with Crippen LogP contribution >= 0.6 is 0 Å². The van der Waals surface area contributed by atoms with Crippen molar-refractivity contribution in [3.05, 3.63) is 41.3 Å². The summed E-state index contributed by atoms with van der Waals surface area (Å²) >= 11 is 0. The van der Waals surface area contributed by atoms with E-state index >= 15 is 0 Å². The Labute approximate surface area is 63.2 Å². The number of nitroso groups, excluding NO2 is 1. The van der Waals surface area contributed by atoms with Crippen LogP contribution in [0.2, 0.25) is 0 Å². The summed E-state index contributed by atoms with van der Waals surface area (Å²) in [6, 6.07) is 6.75. The third kappa shape index (κ3) is 0.774. The first-order valence-corrected chi connectivity index (χ1v) is 3.23. The topological polar surface area (TPSA) is 37.1 Å². The van der Waals surface area contributed by atoms with E-state index in [0.29, 0.717) is 16.0 Å². The summed E-state index contributed by atoms with van der Waals surface area (Å²) in [4.78, 5) is 21.9. The minimum atomic E-state index is -0.212. The van der Waals surface area contributed by atoms with E-state index in [1.54, 1.807) is 24.3 Å². The third-order valence-corrected chi connectivity index (χ3v) is 1.64. The molecule has 11 heavy (non-hydrogen) atoms. The zero-order valence-corrected chi connectivity index (χ0v) is 5.65. The number of carbonyl (C=O) groups is 1. The van der Waals surface area contributed by atoms with Gasteiger partial charge < -0.3 is 0 Å². The molecule has 3 nitrogen and oxygen atoms in total. The maximum absolute atomic E-state index is 11.0. The predicted molar refractivity (Wildman–Crippen MR) is 38.4 cm³/mol. The van der Waals surface area contributed by atoms with E-state index in [2.05, 4.69) is 0 Å². The first kappa shape index (κ1) is 6.22. The predicted octanol–water partition coefficient (Wildman–Crippen LogP) is 1.46. The van der Waals surface area contributed by atoms with Crippen molar-refractivity contribution in [3.63, 3.8) is 0 Å². The van der Waals surface area contributed by atoms with Crippen molar-refractivity contribution in [1.82, 2.24) is 0 Å². The second-order valence-corrected chi connectivity index (χ2v) is 2.34. The van der Waals surface area contributed by atoms with Gasteiger partial charge in [0.05, 0.1) is 4.76 Å². The number of ketones is 1. The molecule has 0 amide bonds. The van der Waals surface area contributed by atoms with Crippen LogP contribution in [0.3, 0.4) is 0 Å². The first-order chi connectivity index (χ1) is 5.29. The molecule has 0 spiro atoms. The fraction of sp³-hybridized carbons (Fsp3) is 0. The molecule has 53 valence electrons. The van der Waals surface area contributed by atoms with Gasteiger partial charge in [0.2, 0.25) is 5.78 Å². The number of carbonyl (C=O) groups excluding carboxylic acids is 1. The summed E-state index contributed by atoms with van der Waals surface area (Å²) in [6.45, 7) is 1.05. The van der Waals surface area contributed by atoms with E-state index in [1.807, 2.05) is 0 Å². The Kier molecular flexibility index (Phi) is 1.12. The van der Waals surface area contributed by atoms with Gasteiger partial charge in [-0.3, -0.25) is 4.79 Å². The van der Waals surface area contributed by atoms with Crippen molar-refractivity contribution in [1.29, 1.82) is 0 Å². The van der Waals surface area contributed by atoms with E-state index in [-0.39, 0.29) is 5.78 Å². The standard InChI is InChI=1S/C8H5NO2/c10-8-5-9(11)7-4-2-1-3-6(7)8/h1-5H/q+1. The van der Waals surface area contributed by atoms with Crippen LogP contribution in [0.5, 0.6) is 0 Å². The lowest BCUT2D eigenvalue weighted by molar-refractivity contribution is -0.402. The molecule has 0 aliphatic carbocycles. The minimum Gasteiger partial charge on any atom is -0.286 e. The van der Waals surface area contributed by atoms with Gasteiger partial charge in [-0.25, -0.2) is 0 Å². The molecule has 0 fully saturated rings. The van der Waals surface area contributed by atoms with Crippen LogP contribution in [0.25, 0.3) is 0 Å². The Morgan fingerprint density at radius 1 is 1.18 bits per heavy atom. The van der Waals surface area contributed by atoms with E-state index < -0.39 is 0 Å². The Balaban J connectivity index is 2.69. The maximum atomic E-state index is 11.0. The average Bonchev–Trinajstić information content (AvgIpc) is 2.30. The van der Waals surface area contributed by atoms with E-state index in [9.17, 15) is 9.70 Å². The van der Waals surface area contributed by atoms with Crippen LogP contribution in [0.15, 0.2) is 24.3 Å². The zero-order valence-electron chi connectivity index (χ0n) is 5.65. The van der Waals surface area contributed by atoms with Crippen LogP contribution < -0.4 is 0 Å². The van der Waals surface area contributed by atoms with Gasteiger partial charge >= 0.3 is 6.54 Å². The van der Waals surface area contributed by atoms with Gasteiger partial charge in [-0.2, -0.15) is 0 Å². The number of fused-ring (bicyclic) bond motifs is 1. The van der Waals surface area contributed by atoms with Gasteiger partial charge in [0, 0.05) is 11.0 Å². The Hall–Kier alpha value is -1.51. The van der Waals surface area contributed by atoms with Crippen LogP contribution in [0, 0.1) is 11.5 Å². The van der Waals surface area contributed by atoms with Gasteiger partial charge in [-0.1, -0.05) is 12.1 Å². The summed E-state index contributed by atoms with van der Waals surface area (Å²) in [5.74, 6) is -0.212. The Morgan fingerprint density at radius 2 is 1.91 bits per heavy atom. The molecule has 0 saturated carbocycles. The highest BCUT2D eigenvalue weighted by molar-refractivity contribution is 6.06. The average molecular weight is 147 g/mol. The molecule has 1 aliphatic rings. The van der Waals surface area contributed by atoms with Crippen LogP contribution in [-0.2, 0) is 0 Å². The molecule has 0 aromatic heterocycles. The van der Waals surface area contributed by atoms with Crippen molar-refractivity contribution in [2.75, 3.05) is 0 Å². The molecule has 0 saturated heterocycles. The summed E-state index contributed by atoms with van der Waals surface area (Å²) < 4.78 is 0.595. The van der Waals surface area contributed by atoms with E-state index in [4.69, 9.17) is 0 Å². The van der Waals surface area contributed by atoms with Gasteiger partial charge in [0.25, 0.3) is 5.69 Å². The second kappa shape index (κ2) is 1.99. The highest BCUT2D eigenvalue weighted by Gasteiger charge is 2.36. The van der Waals surface area contributed by atoms with Crippen LogP contribution in [-0.4, -0.2) is 10.5 Å². The monoisotopic (exact) mass is 147 g/mol. The number of hydrogen-bond acceptors (Lipinski definition) is 2. The molecule has 1 radical (unpaired) electrons.